The van der Waals surface area contributed by atoms with Crippen molar-refractivity contribution in [2.75, 3.05) is 12.1 Å². The molecule has 0 N–H and O–H groups in total. The van der Waals surface area contributed by atoms with E-state index in [2.05, 4.69) is 0 Å². The van der Waals surface area contributed by atoms with Crippen LogP contribution in [0.4, 0.5) is 0 Å². The van der Waals surface area contributed by atoms with E-state index in [1.165, 1.54) is 0 Å². The van der Waals surface area contributed by atoms with Crippen molar-refractivity contribution in [2.45, 2.75) is 31.8 Å². The average Bonchev–Trinajstić information content (AvgIpc) is 2.52. The van der Waals surface area contributed by atoms with Crippen LogP contribution in [0.5, 0.6) is 0 Å². The highest BCUT2D eigenvalue weighted by Crippen LogP contribution is 2.50. The van der Waals surface area contributed by atoms with E-state index in [9.17, 15) is 8.42 Å². The molecule has 1 saturated carbocycles. The molecule has 0 aromatic heterocycles. The molecule has 0 aromatic rings. The van der Waals surface area contributed by atoms with Crippen LogP contribution in [0.15, 0.2) is 0 Å². The van der Waals surface area contributed by atoms with Crippen molar-refractivity contribution in [1.82, 2.24) is 0 Å². The minimum Gasteiger partial charge on any atom is -0.264 e. The fourth-order valence-electron chi connectivity index (χ4n) is 1.61. The molecule has 0 unspecified atom stereocenters. The maximum atomic E-state index is 10.9. The quantitative estimate of drug-likeness (QED) is 0.530. The van der Waals surface area contributed by atoms with Gasteiger partial charge in [-0.05, 0) is 32.1 Å². The average molecular weight is 227 g/mol. The Bertz CT molecular complexity index is 275. The summed E-state index contributed by atoms with van der Waals surface area (Å²) in [6.07, 6.45) is 3.80. The Morgan fingerprint density at radius 2 is 2.23 bits per heavy atom. The van der Waals surface area contributed by atoms with E-state index in [0.717, 1.165) is 25.5 Å². The van der Waals surface area contributed by atoms with Gasteiger partial charge >= 0.3 is 0 Å². The Labute approximate surface area is 84.5 Å². The number of rotatable bonds is 5. The highest BCUT2D eigenvalue weighted by molar-refractivity contribution is 7.86. The Kier molecular flexibility index (Phi) is 3.25. The molecular formula is C8H15ClO3S. The molecule has 78 valence electrons. The first-order valence-corrected chi connectivity index (χ1v) is 6.69. The topological polar surface area (TPSA) is 43.4 Å². The summed E-state index contributed by atoms with van der Waals surface area (Å²) in [5.41, 5.74) is -0.445. The Morgan fingerprint density at radius 1 is 1.62 bits per heavy atom. The van der Waals surface area contributed by atoms with Gasteiger partial charge in [-0.1, -0.05) is 0 Å². The Morgan fingerprint density at radius 3 is 2.69 bits per heavy atom. The van der Waals surface area contributed by atoms with Crippen LogP contribution < -0.4 is 0 Å². The minimum absolute atomic E-state index is 0.362. The van der Waals surface area contributed by atoms with Gasteiger partial charge < -0.3 is 0 Å². The lowest BCUT2D eigenvalue weighted by molar-refractivity contribution is 0.188. The van der Waals surface area contributed by atoms with E-state index in [1.807, 2.05) is 6.92 Å². The molecule has 0 amide bonds. The predicted octanol–water partition coefficient (Wildman–Crippen LogP) is 1.76. The van der Waals surface area contributed by atoms with Crippen molar-refractivity contribution in [3.05, 3.63) is 0 Å². The molecule has 0 radical (unpaired) electrons. The number of alkyl halides is 1. The van der Waals surface area contributed by atoms with Crippen molar-refractivity contribution >= 4 is 21.7 Å². The lowest BCUT2D eigenvalue weighted by Crippen LogP contribution is -2.17. The second-order valence-electron chi connectivity index (χ2n) is 3.83. The fraction of sp³-hybridized carbons (Fsp3) is 1.00. The van der Waals surface area contributed by atoms with Crippen LogP contribution in [0, 0.1) is 5.92 Å². The summed E-state index contributed by atoms with van der Waals surface area (Å²) >= 11 is 5.54. The Hall–Kier alpha value is 0.200. The summed E-state index contributed by atoms with van der Waals surface area (Å²) in [4.78, 5) is 0. The second-order valence-corrected chi connectivity index (χ2v) is 5.79. The smallest absolute Gasteiger partial charge is 0.264 e. The monoisotopic (exact) mass is 226 g/mol. The van der Waals surface area contributed by atoms with Crippen LogP contribution in [-0.2, 0) is 14.3 Å². The second kappa shape index (κ2) is 3.75. The van der Waals surface area contributed by atoms with Crippen molar-refractivity contribution < 1.29 is 12.6 Å². The maximum Gasteiger partial charge on any atom is 0.264 e. The molecule has 1 fully saturated rings. The summed E-state index contributed by atoms with van der Waals surface area (Å²) in [7, 11) is -3.31. The van der Waals surface area contributed by atoms with E-state index >= 15 is 0 Å². The van der Waals surface area contributed by atoms with Gasteiger partial charge in [0.15, 0.2) is 0 Å². The van der Waals surface area contributed by atoms with E-state index in [-0.39, 0.29) is 0 Å². The van der Waals surface area contributed by atoms with Crippen molar-refractivity contribution in [2.24, 2.45) is 5.92 Å². The molecule has 2 atom stereocenters. The van der Waals surface area contributed by atoms with Gasteiger partial charge in [-0.25, -0.2) is 0 Å². The van der Waals surface area contributed by atoms with Gasteiger partial charge in [-0.2, -0.15) is 8.42 Å². The van der Waals surface area contributed by atoms with Gasteiger partial charge in [0.05, 0.1) is 11.9 Å². The zero-order valence-electron chi connectivity index (χ0n) is 7.92. The number of halogens is 1. The summed E-state index contributed by atoms with van der Waals surface area (Å²) in [6, 6.07) is 0. The van der Waals surface area contributed by atoms with Gasteiger partial charge in [0, 0.05) is 5.88 Å². The van der Waals surface area contributed by atoms with E-state index in [1.54, 1.807) is 0 Å². The lowest BCUT2D eigenvalue weighted by atomic mass is 10.2. The van der Waals surface area contributed by atoms with Crippen LogP contribution in [0.2, 0.25) is 0 Å². The SMILES string of the molecule is C[C@@]1(OS(C)(=O)=O)C[C@H]1CCCCl. The first-order chi connectivity index (χ1) is 5.87. The van der Waals surface area contributed by atoms with E-state index in [4.69, 9.17) is 15.8 Å². The third kappa shape index (κ3) is 3.44. The minimum atomic E-state index is -3.31. The summed E-state index contributed by atoms with van der Waals surface area (Å²) < 4.78 is 26.7. The van der Waals surface area contributed by atoms with Crippen molar-refractivity contribution in [1.29, 1.82) is 0 Å². The molecule has 0 bridgehead atoms. The Balaban J connectivity index is 2.37. The van der Waals surface area contributed by atoms with Crippen LogP contribution in [-0.4, -0.2) is 26.2 Å². The third-order valence-corrected chi connectivity index (χ3v) is 3.33. The standard InChI is InChI=1S/C8H15ClO3S/c1-8(12-13(2,10)11)6-7(8)4-3-5-9/h7H,3-6H2,1-2H3/t7-,8-/m1/s1. The van der Waals surface area contributed by atoms with Crippen LogP contribution >= 0.6 is 11.6 Å². The van der Waals surface area contributed by atoms with Crippen LogP contribution in [0.25, 0.3) is 0 Å². The molecule has 0 spiro atoms. The van der Waals surface area contributed by atoms with Gasteiger partial charge in [-0.3, -0.25) is 4.18 Å². The van der Waals surface area contributed by atoms with Gasteiger partial charge in [0.25, 0.3) is 10.1 Å². The molecule has 1 rings (SSSR count). The summed E-state index contributed by atoms with van der Waals surface area (Å²) in [6.45, 7) is 1.84. The third-order valence-electron chi connectivity index (χ3n) is 2.38. The van der Waals surface area contributed by atoms with E-state index in [0.29, 0.717) is 11.8 Å². The molecule has 5 heteroatoms. The fourth-order valence-corrected chi connectivity index (χ4v) is 2.66. The normalized spacial score (nSPS) is 33.3. The zero-order chi connectivity index (χ0) is 10.1. The first-order valence-electron chi connectivity index (χ1n) is 4.34. The molecule has 13 heavy (non-hydrogen) atoms. The predicted molar refractivity (Wildman–Crippen MR) is 52.4 cm³/mol. The molecular weight excluding hydrogens is 212 g/mol. The summed E-state index contributed by atoms with van der Waals surface area (Å²) in [5, 5.41) is 0. The number of hydrogen-bond donors (Lipinski definition) is 0. The van der Waals surface area contributed by atoms with Crippen LogP contribution in [0.1, 0.15) is 26.2 Å². The highest BCUT2D eigenvalue weighted by Gasteiger charge is 2.53. The molecule has 0 aromatic carbocycles. The van der Waals surface area contributed by atoms with Gasteiger partial charge in [0.1, 0.15) is 0 Å². The summed E-state index contributed by atoms with van der Waals surface area (Å²) in [5.74, 6) is 0.992. The molecule has 0 aliphatic heterocycles. The van der Waals surface area contributed by atoms with Gasteiger partial charge in [0.2, 0.25) is 0 Å². The molecule has 0 saturated heterocycles. The van der Waals surface area contributed by atoms with E-state index < -0.39 is 15.7 Å². The first kappa shape index (κ1) is 11.3. The van der Waals surface area contributed by atoms with Gasteiger partial charge in [-0.15, -0.1) is 11.6 Å². The molecule has 0 heterocycles. The maximum absolute atomic E-state index is 10.9. The molecule has 1 aliphatic rings. The van der Waals surface area contributed by atoms with Crippen molar-refractivity contribution in [3.8, 4) is 0 Å². The van der Waals surface area contributed by atoms with Crippen molar-refractivity contribution in [3.63, 3.8) is 0 Å². The largest absolute Gasteiger partial charge is 0.264 e. The number of hydrogen-bond acceptors (Lipinski definition) is 3. The lowest BCUT2D eigenvalue weighted by Gasteiger charge is -2.09. The highest BCUT2D eigenvalue weighted by atomic mass is 35.5. The van der Waals surface area contributed by atoms with Crippen LogP contribution in [0.3, 0.4) is 0 Å². The zero-order valence-corrected chi connectivity index (χ0v) is 9.49. The molecule has 1 aliphatic carbocycles. The molecule has 3 nitrogen and oxygen atoms in total.